The van der Waals surface area contributed by atoms with E-state index >= 15 is 0 Å². The number of primary amides is 2. The van der Waals surface area contributed by atoms with Crippen LogP contribution < -0.4 is 51.1 Å². The minimum Gasteiger partial charge on any atom is -0.510 e. The molecule has 0 saturated carbocycles. The molecule has 98 heavy (non-hydrogen) atoms. The van der Waals surface area contributed by atoms with Crippen LogP contribution in [0.5, 0.6) is 23.0 Å². The first-order valence-electron chi connectivity index (χ1n) is 30.7. The van der Waals surface area contributed by atoms with Crippen molar-refractivity contribution >= 4 is 80.2 Å². The maximum Gasteiger partial charge on any atom is 0.379 e. The lowest BCUT2D eigenvalue weighted by atomic mass is 9.58. The van der Waals surface area contributed by atoms with E-state index in [1.54, 1.807) is 50.1 Å². The molecule has 4 aromatic carbocycles. The molecule has 2 aromatic heterocycles. The lowest BCUT2D eigenvalue weighted by molar-refractivity contribution is -0.149. The van der Waals surface area contributed by atoms with E-state index in [9.17, 15) is 83.7 Å². The average Bonchev–Trinajstić information content (AvgIpc) is 0.704. The van der Waals surface area contributed by atoms with Gasteiger partial charge in [0.05, 0.1) is 23.2 Å². The van der Waals surface area contributed by atoms with E-state index in [2.05, 4.69) is 0 Å². The number of allylic oxidation sites excluding steroid dienone is 2. The van der Waals surface area contributed by atoms with Gasteiger partial charge < -0.3 is 84.8 Å². The summed E-state index contributed by atoms with van der Waals surface area (Å²) in [6, 6.07) is 13.3. The molecule has 8 atom stereocenters. The Morgan fingerprint density at radius 3 is 1.26 bits per heavy atom. The summed E-state index contributed by atoms with van der Waals surface area (Å²) in [4.78, 5) is 145. The minimum atomic E-state index is -2.88. The summed E-state index contributed by atoms with van der Waals surface area (Å²) >= 11 is 0. The van der Waals surface area contributed by atoms with Gasteiger partial charge in [-0.05, 0) is 125 Å². The van der Waals surface area contributed by atoms with E-state index in [1.165, 1.54) is 86.5 Å². The molecule has 29 nitrogen and oxygen atoms in total. The molecular weight excluding hydrogens is 1280 g/mol. The van der Waals surface area contributed by atoms with Gasteiger partial charge in [0, 0.05) is 74.7 Å². The Hall–Kier alpha value is -11.0. The fourth-order valence-corrected chi connectivity index (χ4v) is 15.0. The molecule has 6 aliphatic carbocycles. The number of Topliss-reactive ketones (excluding diaryl/α,β-unsaturated/α-hetero) is 4. The van der Waals surface area contributed by atoms with Crippen molar-refractivity contribution in [3.63, 3.8) is 0 Å². The highest BCUT2D eigenvalue weighted by Gasteiger charge is 2.65. The van der Waals surface area contributed by atoms with Crippen LogP contribution in [0, 0.1) is 23.7 Å². The predicted molar refractivity (Wildman–Crippen MR) is 345 cm³/mol. The maximum absolute atomic E-state index is 14.8. The third-order valence-corrected chi connectivity index (χ3v) is 19.2. The number of ketones is 4. The number of nitrogens with two attached hydrogens (primary N) is 2. The van der Waals surface area contributed by atoms with Crippen molar-refractivity contribution in [2.75, 3.05) is 79.4 Å². The fourth-order valence-electron chi connectivity index (χ4n) is 15.0. The summed E-state index contributed by atoms with van der Waals surface area (Å²) < 4.78 is 35.0. The normalized spacial score (nSPS) is 23.8. The number of ether oxygens (including phenoxy) is 4. The van der Waals surface area contributed by atoms with E-state index in [0.29, 0.717) is 22.5 Å². The van der Waals surface area contributed by atoms with E-state index in [-0.39, 0.29) is 92.9 Å². The number of esters is 2. The van der Waals surface area contributed by atoms with Gasteiger partial charge in [-0.3, -0.25) is 48.2 Å². The first-order chi connectivity index (χ1) is 46.2. The zero-order valence-corrected chi connectivity index (χ0v) is 53.8. The number of fused-ring (bicyclic) bond motifs is 8. The maximum atomic E-state index is 14.8. The first-order valence-corrected chi connectivity index (χ1v) is 30.7. The van der Waals surface area contributed by atoms with Crippen LogP contribution in [0.15, 0.2) is 137 Å². The van der Waals surface area contributed by atoms with Gasteiger partial charge in [-0.15, -0.1) is 0 Å². The van der Waals surface area contributed by atoms with Crippen LogP contribution in [0.25, 0.3) is 21.9 Å². The number of hydrogen-bond donors (Lipinski definition) is 9. The van der Waals surface area contributed by atoms with Gasteiger partial charge in [-0.1, -0.05) is 12.1 Å². The number of carbonyl (C=O) groups excluding carboxylic acids is 8. The summed E-state index contributed by atoms with van der Waals surface area (Å²) in [6.45, 7) is -1.04. The molecule has 12 rings (SSSR count). The van der Waals surface area contributed by atoms with E-state index < -0.39 is 170 Å². The fraction of sp³-hybridized carbons (Fsp3) is 0.333. The molecule has 11 N–H and O–H groups in total. The number of amides is 2. The number of likely N-dealkylation sites (N-methyl/N-ethyl adjacent to an activating group) is 2. The van der Waals surface area contributed by atoms with Crippen molar-refractivity contribution in [1.82, 2.24) is 9.80 Å². The van der Waals surface area contributed by atoms with Gasteiger partial charge in [-0.2, -0.15) is 0 Å². The highest BCUT2D eigenvalue weighted by atomic mass is 16.6. The molecule has 0 saturated heterocycles. The third kappa shape index (κ3) is 10.3. The molecule has 2 amide bonds. The lowest BCUT2D eigenvalue weighted by Gasteiger charge is -2.50. The second-order valence-corrected chi connectivity index (χ2v) is 25.9. The molecule has 29 heteroatoms. The highest BCUT2D eigenvalue weighted by molar-refractivity contribution is 6.26. The summed E-state index contributed by atoms with van der Waals surface area (Å²) in [5.74, 6) is -19.7. The van der Waals surface area contributed by atoms with Crippen molar-refractivity contribution in [1.29, 1.82) is 0 Å². The number of carbonyl (C=O) groups is 8. The van der Waals surface area contributed by atoms with E-state index in [1.807, 2.05) is 0 Å². The minimum absolute atomic E-state index is 0.00292. The number of aliphatic hydroxyl groups is 7. The van der Waals surface area contributed by atoms with Crippen molar-refractivity contribution < 1.29 is 102 Å². The van der Waals surface area contributed by atoms with E-state index in [4.69, 9.17) is 39.2 Å². The quantitative estimate of drug-likeness (QED) is 0.0382. The monoisotopic (exact) mass is 1350 g/mol. The summed E-state index contributed by atoms with van der Waals surface area (Å²) in [7, 11) is 12.9. The number of benzene rings is 4. The van der Waals surface area contributed by atoms with Crippen LogP contribution in [0.3, 0.4) is 0 Å². The number of nitrogens with zero attached hydrogens (tertiary/aromatic N) is 4. The summed E-state index contributed by atoms with van der Waals surface area (Å²) in [6.07, 6.45) is -1.72. The van der Waals surface area contributed by atoms with Crippen LogP contribution in [0.2, 0.25) is 0 Å². The zero-order valence-electron chi connectivity index (χ0n) is 53.8. The molecule has 8 unspecified atom stereocenters. The number of aliphatic hydroxyl groups excluding tert-OH is 5. The Morgan fingerprint density at radius 1 is 0.551 bits per heavy atom. The molecule has 0 radical (unpaired) electrons. The van der Waals surface area contributed by atoms with Gasteiger partial charge >= 0.3 is 11.9 Å². The second-order valence-electron chi connectivity index (χ2n) is 25.9. The molecule has 0 bridgehead atoms. The summed E-state index contributed by atoms with van der Waals surface area (Å²) in [5.41, 5.74) is 1.93. The molecular formula is C69H66N6O23. The van der Waals surface area contributed by atoms with Gasteiger partial charge in [-0.25, -0.2) is 9.59 Å². The topological polar surface area (TPSA) is 441 Å². The van der Waals surface area contributed by atoms with Crippen LogP contribution in [0.4, 0.5) is 11.4 Å². The molecule has 2 heterocycles. The van der Waals surface area contributed by atoms with Crippen molar-refractivity contribution in [2.24, 2.45) is 35.1 Å². The molecule has 510 valence electrons. The smallest absolute Gasteiger partial charge is 0.379 e. The Balaban J connectivity index is 0.743. The molecule has 6 aromatic rings. The van der Waals surface area contributed by atoms with Gasteiger partial charge in [0.15, 0.2) is 33.6 Å². The second kappa shape index (κ2) is 24.3. The van der Waals surface area contributed by atoms with Crippen molar-refractivity contribution in [2.45, 2.75) is 55.1 Å². The Labute approximate surface area is 554 Å². The lowest BCUT2D eigenvalue weighted by Crippen LogP contribution is -2.63. The molecule has 0 aliphatic heterocycles. The van der Waals surface area contributed by atoms with Crippen molar-refractivity contribution in [3.8, 4) is 23.0 Å². The van der Waals surface area contributed by atoms with Crippen LogP contribution in [0.1, 0.15) is 65.8 Å². The predicted octanol–water partition coefficient (Wildman–Crippen LogP) is 2.75. The highest BCUT2D eigenvalue weighted by Crippen LogP contribution is 2.56. The van der Waals surface area contributed by atoms with Crippen LogP contribution >= 0.6 is 0 Å². The Morgan fingerprint density at radius 2 is 0.918 bits per heavy atom. The van der Waals surface area contributed by atoms with Crippen LogP contribution in [-0.4, -0.2) is 191 Å². The zero-order chi connectivity index (χ0) is 71.0. The number of hydrogen-bond acceptors (Lipinski definition) is 27. The Bertz CT molecular complexity index is 4540. The Kier molecular flexibility index (Phi) is 16.6. The van der Waals surface area contributed by atoms with Gasteiger partial charge in [0.2, 0.25) is 23.1 Å². The number of rotatable bonds is 16. The first kappa shape index (κ1) is 67.0. The SMILES string of the molecule is CN(C)c1ccc(OC(=O)c2cc(=O)c3c(OCC(O)COc4cccc5oc(C(=O)Oc6ccc(N(C)C)c7c6C(=O)C6=C(O)C8(O)C(=O)C(C(N)=O)=C(O)C(N(C)C)C8CC6C7)cc(=O)c45)cccc3o2)c2c1CC1CC3C(N(C)C)C(O)=C(C(N)=O)C(=O)C3(O)C(O)=C1C2=O. The van der Waals surface area contributed by atoms with E-state index in [0.717, 1.165) is 12.1 Å². The average molecular weight is 1350 g/mol. The number of anilines is 2. The van der Waals surface area contributed by atoms with Gasteiger partial charge in [0.1, 0.15) is 98.4 Å². The molecule has 6 aliphatic rings. The van der Waals surface area contributed by atoms with Crippen LogP contribution in [-0.2, 0) is 32.0 Å². The third-order valence-electron chi connectivity index (χ3n) is 19.2. The standard InChI is InChI=1S/C69H66N6O23/c1-72(2)34-15-17-42(48-30(34)19-27-21-32-54(74(5)6)58(81)52(64(70)87)62(85)68(32,91)60(83)46(27)56(48)79)97-66(89)44-23-36(77)50-38(11-9-13-40(50)95-44)93-25-29(76)26-94-39-12-10-14-41-51(39)37(78)24-45(96-41)67(90)98-43-18-16-35(73(3)4)31-20-28-22-33-55(75(7)8)59(82)53(65(71)88)63(86)69(33,92)61(84)47(28)57(80)49(31)43/h9-18,23-24,27-29,32-33,54-55,76,81-84,91-92H,19-22,25-26H2,1-8H3,(H2,70,87)(H2,71,88). The summed E-state index contributed by atoms with van der Waals surface area (Å²) in [5, 5.41) is 81.2. The largest absolute Gasteiger partial charge is 0.510 e. The van der Waals surface area contributed by atoms with Crippen molar-refractivity contribution in [3.05, 3.63) is 172 Å². The molecule has 0 spiro atoms. The van der Waals surface area contributed by atoms with Gasteiger partial charge in [0.25, 0.3) is 11.8 Å². The molecule has 0 fully saturated rings.